The van der Waals surface area contributed by atoms with Crippen molar-refractivity contribution in [2.75, 3.05) is 5.32 Å². The Morgan fingerprint density at radius 3 is 2.42 bits per heavy atom. The molecule has 0 radical (unpaired) electrons. The monoisotopic (exact) mass is 392 g/mol. The highest BCUT2D eigenvalue weighted by molar-refractivity contribution is 6.35. The molecule has 0 fully saturated rings. The minimum atomic E-state index is -1.18. The molecule has 2 rings (SSSR count). The molecule has 2 aromatic rings. The second-order valence-corrected chi connectivity index (χ2v) is 6.08. The SMILES string of the molecule is N=C(/C=C/C(=O)O)c1ccc(C(=O)O)cc1NCc1ccc(Cl)cc1Cl. The molecule has 8 heteroatoms. The number of hydrogen-bond donors (Lipinski definition) is 4. The van der Waals surface area contributed by atoms with Gasteiger partial charge in [-0.15, -0.1) is 0 Å². The van der Waals surface area contributed by atoms with E-state index >= 15 is 0 Å². The molecule has 0 unspecified atom stereocenters. The summed E-state index contributed by atoms with van der Waals surface area (Å²) in [5.41, 5.74) is 1.42. The number of anilines is 1. The lowest BCUT2D eigenvalue weighted by Crippen LogP contribution is -2.08. The fraction of sp³-hybridized carbons (Fsp3) is 0.0556. The summed E-state index contributed by atoms with van der Waals surface area (Å²) in [5.74, 6) is -2.30. The van der Waals surface area contributed by atoms with Gasteiger partial charge < -0.3 is 20.9 Å². The topological polar surface area (TPSA) is 110 Å². The molecule has 134 valence electrons. The van der Waals surface area contributed by atoms with Gasteiger partial charge in [-0.25, -0.2) is 9.59 Å². The van der Waals surface area contributed by atoms with Gasteiger partial charge in [0.15, 0.2) is 0 Å². The molecule has 0 aliphatic carbocycles. The Morgan fingerprint density at radius 1 is 1.08 bits per heavy atom. The van der Waals surface area contributed by atoms with Crippen LogP contribution in [0.4, 0.5) is 5.69 Å². The predicted octanol–water partition coefficient (Wildman–Crippen LogP) is 4.31. The van der Waals surface area contributed by atoms with Crippen LogP contribution in [-0.4, -0.2) is 27.9 Å². The van der Waals surface area contributed by atoms with E-state index in [-0.39, 0.29) is 17.8 Å². The summed E-state index contributed by atoms with van der Waals surface area (Å²) >= 11 is 12.0. The zero-order valence-electron chi connectivity index (χ0n) is 13.3. The van der Waals surface area contributed by atoms with Gasteiger partial charge in [-0.1, -0.05) is 29.3 Å². The van der Waals surface area contributed by atoms with Crippen LogP contribution in [-0.2, 0) is 11.3 Å². The van der Waals surface area contributed by atoms with Crippen molar-refractivity contribution in [3.8, 4) is 0 Å². The lowest BCUT2D eigenvalue weighted by atomic mass is 10.0. The van der Waals surface area contributed by atoms with E-state index in [4.69, 9.17) is 38.8 Å². The molecule has 0 saturated carbocycles. The maximum absolute atomic E-state index is 11.2. The predicted molar refractivity (Wildman–Crippen MR) is 101 cm³/mol. The number of aromatic carboxylic acids is 1. The number of allylic oxidation sites excluding steroid dienone is 1. The third kappa shape index (κ3) is 5.08. The molecular weight excluding hydrogens is 379 g/mol. The van der Waals surface area contributed by atoms with Crippen LogP contribution in [0.15, 0.2) is 48.6 Å². The Kier molecular flexibility index (Phi) is 6.38. The van der Waals surface area contributed by atoms with Gasteiger partial charge in [0.2, 0.25) is 0 Å². The first-order chi connectivity index (χ1) is 12.3. The summed E-state index contributed by atoms with van der Waals surface area (Å²) in [5, 5.41) is 29.9. The first-order valence-electron chi connectivity index (χ1n) is 7.33. The molecule has 26 heavy (non-hydrogen) atoms. The molecule has 0 aliphatic rings. The van der Waals surface area contributed by atoms with Crippen LogP contribution in [0, 0.1) is 5.41 Å². The Labute approximate surface area is 159 Å². The first-order valence-corrected chi connectivity index (χ1v) is 8.08. The maximum Gasteiger partial charge on any atom is 0.335 e. The zero-order chi connectivity index (χ0) is 19.3. The van der Waals surface area contributed by atoms with E-state index < -0.39 is 11.9 Å². The third-order valence-electron chi connectivity index (χ3n) is 3.43. The van der Waals surface area contributed by atoms with E-state index in [1.807, 2.05) is 0 Å². The molecule has 0 aromatic heterocycles. The summed E-state index contributed by atoms with van der Waals surface area (Å²) in [4.78, 5) is 21.8. The Hall–Kier alpha value is -2.83. The highest BCUT2D eigenvalue weighted by atomic mass is 35.5. The first kappa shape index (κ1) is 19.5. The number of rotatable bonds is 7. The van der Waals surface area contributed by atoms with Crippen molar-refractivity contribution in [3.63, 3.8) is 0 Å². The van der Waals surface area contributed by atoms with Crippen molar-refractivity contribution >= 4 is 46.5 Å². The molecule has 0 atom stereocenters. The minimum absolute atomic E-state index is 0.0356. The van der Waals surface area contributed by atoms with Gasteiger partial charge in [-0.3, -0.25) is 0 Å². The van der Waals surface area contributed by atoms with Crippen molar-refractivity contribution in [2.24, 2.45) is 0 Å². The van der Waals surface area contributed by atoms with Crippen molar-refractivity contribution in [1.29, 1.82) is 5.41 Å². The van der Waals surface area contributed by atoms with Gasteiger partial charge in [0.05, 0.1) is 11.3 Å². The van der Waals surface area contributed by atoms with Crippen LogP contribution in [0.2, 0.25) is 10.0 Å². The molecule has 0 heterocycles. The van der Waals surface area contributed by atoms with E-state index in [1.54, 1.807) is 18.2 Å². The zero-order valence-corrected chi connectivity index (χ0v) is 14.8. The van der Waals surface area contributed by atoms with Crippen molar-refractivity contribution < 1.29 is 19.8 Å². The number of halogens is 2. The average molecular weight is 393 g/mol. The molecule has 0 bridgehead atoms. The molecular formula is C18H14Cl2N2O4. The number of carboxylic acid groups (broad SMARTS) is 2. The van der Waals surface area contributed by atoms with Crippen LogP contribution >= 0.6 is 23.2 Å². The Balaban J connectivity index is 2.33. The van der Waals surface area contributed by atoms with Crippen molar-refractivity contribution in [1.82, 2.24) is 0 Å². The number of carboxylic acids is 2. The number of aliphatic carboxylic acids is 1. The second-order valence-electron chi connectivity index (χ2n) is 5.24. The van der Waals surface area contributed by atoms with Gasteiger partial charge >= 0.3 is 11.9 Å². The van der Waals surface area contributed by atoms with Gasteiger partial charge in [-0.2, -0.15) is 0 Å². The standard InChI is InChI=1S/C18H14Cl2N2O4/c19-12-3-1-11(14(20)8-12)9-22-16-7-10(18(25)26)2-4-13(16)15(21)5-6-17(23)24/h1-8,21-22H,9H2,(H,23,24)(H,25,26)/b6-5+,21-15?. The highest BCUT2D eigenvalue weighted by Gasteiger charge is 2.12. The smallest absolute Gasteiger partial charge is 0.335 e. The lowest BCUT2D eigenvalue weighted by molar-refractivity contribution is -0.131. The van der Waals surface area contributed by atoms with E-state index in [0.29, 0.717) is 21.3 Å². The number of hydrogen-bond acceptors (Lipinski definition) is 4. The molecule has 0 aliphatic heterocycles. The Bertz CT molecular complexity index is 910. The number of nitrogens with one attached hydrogen (secondary N) is 2. The lowest BCUT2D eigenvalue weighted by Gasteiger charge is -2.13. The maximum atomic E-state index is 11.2. The van der Waals surface area contributed by atoms with E-state index in [0.717, 1.165) is 17.7 Å². The van der Waals surface area contributed by atoms with E-state index in [1.165, 1.54) is 18.2 Å². The molecule has 2 aromatic carbocycles. The summed E-state index contributed by atoms with van der Waals surface area (Å²) < 4.78 is 0. The molecule has 6 nitrogen and oxygen atoms in total. The Morgan fingerprint density at radius 2 is 1.81 bits per heavy atom. The normalized spacial score (nSPS) is 10.7. The largest absolute Gasteiger partial charge is 0.478 e. The molecule has 4 N–H and O–H groups in total. The van der Waals surface area contributed by atoms with Gasteiger partial charge in [0.1, 0.15) is 0 Å². The van der Waals surface area contributed by atoms with Gasteiger partial charge in [-0.05, 0) is 42.0 Å². The van der Waals surface area contributed by atoms with Crippen LogP contribution < -0.4 is 5.32 Å². The quantitative estimate of drug-likeness (QED) is 0.414. The van der Waals surface area contributed by atoms with Gasteiger partial charge in [0, 0.05) is 33.9 Å². The summed E-state index contributed by atoms with van der Waals surface area (Å²) in [6.07, 6.45) is 1.96. The molecule has 0 saturated heterocycles. The summed E-state index contributed by atoms with van der Waals surface area (Å²) in [6, 6.07) is 9.17. The fourth-order valence-electron chi connectivity index (χ4n) is 2.16. The second kappa shape index (κ2) is 8.51. The average Bonchev–Trinajstić information content (AvgIpc) is 2.58. The fourth-order valence-corrected chi connectivity index (χ4v) is 2.63. The van der Waals surface area contributed by atoms with E-state index in [9.17, 15) is 9.59 Å². The van der Waals surface area contributed by atoms with Gasteiger partial charge in [0.25, 0.3) is 0 Å². The van der Waals surface area contributed by atoms with E-state index in [2.05, 4.69) is 5.32 Å². The summed E-state index contributed by atoms with van der Waals surface area (Å²) in [6.45, 7) is 0.266. The molecule has 0 spiro atoms. The van der Waals surface area contributed by atoms with Crippen LogP contribution in [0.3, 0.4) is 0 Å². The van der Waals surface area contributed by atoms with Crippen LogP contribution in [0.25, 0.3) is 0 Å². The van der Waals surface area contributed by atoms with Crippen LogP contribution in [0.1, 0.15) is 21.5 Å². The molecule has 0 amide bonds. The minimum Gasteiger partial charge on any atom is -0.478 e. The van der Waals surface area contributed by atoms with Crippen molar-refractivity contribution in [3.05, 3.63) is 75.3 Å². The summed E-state index contributed by atoms with van der Waals surface area (Å²) in [7, 11) is 0. The number of benzene rings is 2. The van der Waals surface area contributed by atoms with Crippen molar-refractivity contribution in [2.45, 2.75) is 6.54 Å². The van der Waals surface area contributed by atoms with Crippen LogP contribution in [0.5, 0.6) is 0 Å². The third-order valence-corrected chi connectivity index (χ3v) is 4.02. The highest BCUT2D eigenvalue weighted by Crippen LogP contribution is 2.24. The number of carbonyl (C=O) groups is 2.